The molecule has 0 N–H and O–H groups in total. The van der Waals surface area contributed by atoms with Crippen LogP contribution in [0.4, 0.5) is 0 Å². The van der Waals surface area contributed by atoms with Crippen LogP contribution in [-0.2, 0) is 4.79 Å². The lowest BCUT2D eigenvalue weighted by molar-refractivity contribution is -0.119. The number of halogens is 2. The minimum absolute atomic E-state index is 0.0730. The van der Waals surface area contributed by atoms with Gasteiger partial charge in [-0.1, -0.05) is 63.4 Å². The summed E-state index contributed by atoms with van der Waals surface area (Å²) < 4.78 is 7.89. The summed E-state index contributed by atoms with van der Waals surface area (Å²) in [6, 6.07) is 7.96. The molecule has 1 aliphatic heterocycles. The van der Waals surface area contributed by atoms with Crippen molar-refractivity contribution in [3.05, 3.63) is 39.5 Å². The van der Waals surface area contributed by atoms with Crippen molar-refractivity contribution in [2.75, 3.05) is 6.61 Å². The highest BCUT2D eigenvalue weighted by molar-refractivity contribution is 14.1. The van der Waals surface area contributed by atoms with Gasteiger partial charge in [0.1, 0.15) is 18.1 Å². The Morgan fingerprint density at radius 1 is 1.47 bits per heavy atom. The second kappa shape index (κ2) is 5.69. The van der Waals surface area contributed by atoms with Gasteiger partial charge in [-0.25, -0.2) is 0 Å². The molecular formula is C13H12I2O2. The monoisotopic (exact) mass is 454 g/mol. The average molecular weight is 454 g/mol. The summed E-state index contributed by atoms with van der Waals surface area (Å²) in [5, 5.41) is 0. The summed E-state index contributed by atoms with van der Waals surface area (Å²) in [6.45, 7) is 2.16. The van der Waals surface area contributed by atoms with E-state index >= 15 is 0 Å². The lowest BCUT2D eigenvalue weighted by atomic mass is 9.90. The fraction of sp³-hybridized carbons (Fsp3) is 0.308. The van der Waals surface area contributed by atoms with Crippen LogP contribution in [0.25, 0.3) is 0 Å². The maximum absolute atomic E-state index is 11.8. The number of ether oxygens (including phenoxy) is 1. The lowest BCUT2D eigenvalue weighted by Gasteiger charge is -2.19. The first-order valence-electron chi connectivity index (χ1n) is 5.30. The first kappa shape index (κ1) is 13.3. The molecular weight excluding hydrogens is 442 g/mol. The topological polar surface area (TPSA) is 26.3 Å². The van der Waals surface area contributed by atoms with Gasteiger partial charge in [0.05, 0.1) is 9.84 Å². The molecule has 0 saturated carbocycles. The fourth-order valence-electron chi connectivity index (χ4n) is 2.02. The number of Topliss-reactive ketones (excluding diaryl/α,β-unsaturated/α-hetero) is 1. The third-order valence-electron chi connectivity index (χ3n) is 2.88. The van der Waals surface area contributed by atoms with Crippen molar-refractivity contribution in [3.8, 4) is 5.75 Å². The normalized spacial score (nSPS) is 25.9. The van der Waals surface area contributed by atoms with E-state index in [4.69, 9.17) is 4.74 Å². The highest BCUT2D eigenvalue weighted by atomic mass is 127. The van der Waals surface area contributed by atoms with Crippen molar-refractivity contribution >= 4 is 51.0 Å². The number of ketones is 1. The first-order valence-corrected chi connectivity index (χ1v) is 7.79. The SMILES string of the molecule is CC(=O)C1/C(=C/I)COc2ccccc2C1I. The van der Waals surface area contributed by atoms with Gasteiger partial charge >= 0.3 is 0 Å². The third kappa shape index (κ3) is 2.67. The van der Waals surface area contributed by atoms with Crippen LogP contribution in [0.5, 0.6) is 5.75 Å². The second-order valence-corrected chi connectivity index (χ2v) is 5.97. The molecule has 0 aliphatic carbocycles. The largest absolute Gasteiger partial charge is 0.489 e. The summed E-state index contributed by atoms with van der Waals surface area (Å²) in [7, 11) is 0. The summed E-state index contributed by atoms with van der Waals surface area (Å²) in [5.74, 6) is 1.02. The van der Waals surface area contributed by atoms with E-state index in [1.807, 2.05) is 28.3 Å². The van der Waals surface area contributed by atoms with Crippen molar-refractivity contribution in [1.29, 1.82) is 0 Å². The Kier molecular flexibility index (Phi) is 4.46. The maximum Gasteiger partial charge on any atom is 0.138 e. The van der Waals surface area contributed by atoms with Gasteiger partial charge in [0.2, 0.25) is 0 Å². The molecule has 90 valence electrons. The Hall–Kier alpha value is -0.110. The molecule has 2 nitrogen and oxygen atoms in total. The number of para-hydroxylation sites is 1. The van der Waals surface area contributed by atoms with Crippen LogP contribution in [0, 0.1) is 5.92 Å². The highest BCUT2D eigenvalue weighted by Crippen LogP contribution is 2.43. The number of hydrogen-bond donors (Lipinski definition) is 0. The van der Waals surface area contributed by atoms with Gasteiger partial charge in [0.25, 0.3) is 0 Å². The van der Waals surface area contributed by atoms with Crippen molar-refractivity contribution in [2.24, 2.45) is 5.92 Å². The lowest BCUT2D eigenvalue weighted by Crippen LogP contribution is -2.19. The molecule has 0 spiro atoms. The number of carbonyl (C=O) groups is 1. The molecule has 1 aromatic carbocycles. The molecule has 0 radical (unpaired) electrons. The quantitative estimate of drug-likeness (QED) is 0.473. The Morgan fingerprint density at radius 3 is 2.82 bits per heavy atom. The molecule has 0 amide bonds. The van der Waals surface area contributed by atoms with Crippen molar-refractivity contribution in [2.45, 2.75) is 10.8 Å². The van der Waals surface area contributed by atoms with Gasteiger partial charge in [0.15, 0.2) is 0 Å². The molecule has 0 fully saturated rings. The molecule has 1 heterocycles. The summed E-state index contributed by atoms with van der Waals surface area (Å²) in [4.78, 5) is 11.8. The highest BCUT2D eigenvalue weighted by Gasteiger charge is 2.32. The minimum Gasteiger partial charge on any atom is -0.489 e. The number of fused-ring (bicyclic) bond motifs is 1. The van der Waals surface area contributed by atoms with E-state index in [1.165, 1.54) is 0 Å². The van der Waals surface area contributed by atoms with Crippen molar-refractivity contribution in [1.82, 2.24) is 0 Å². The maximum atomic E-state index is 11.8. The van der Waals surface area contributed by atoms with E-state index in [0.717, 1.165) is 16.9 Å². The van der Waals surface area contributed by atoms with Gasteiger partial charge in [-0.3, -0.25) is 4.79 Å². The molecule has 0 saturated heterocycles. The predicted molar refractivity (Wildman–Crippen MR) is 85.0 cm³/mol. The minimum atomic E-state index is -0.0730. The first-order chi connectivity index (χ1) is 8.15. The molecule has 4 heteroatoms. The van der Waals surface area contributed by atoms with E-state index in [9.17, 15) is 4.79 Å². The van der Waals surface area contributed by atoms with Crippen LogP contribution in [0.2, 0.25) is 0 Å². The zero-order valence-electron chi connectivity index (χ0n) is 9.32. The van der Waals surface area contributed by atoms with Crippen LogP contribution in [-0.4, -0.2) is 12.4 Å². The molecule has 1 aliphatic rings. The smallest absolute Gasteiger partial charge is 0.138 e. The third-order valence-corrected chi connectivity index (χ3v) is 5.07. The van der Waals surface area contributed by atoms with Crippen LogP contribution < -0.4 is 4.74 Å². The average Bonchev–Trinajstić information content (AvgIpc) is 2.47. The second-order valence-electron chi connectivity index (χ2n) is 4.00. The number of carbonyl (C=O) groups excluding carboxylic acids is 1. The zero-order valence-corrected chi connectivity index (χ0v) is 13.6. The van der Waals surface area contributed by atoms with Crippen LogP contribution in [0.1, 0.15) is 16.4 Å². The molecule has 2 rings (SSSR count). The van der Waals surface area contributed by atoms with E-state index in [0.29, 0.717) is 6.61 Å². The number of benzene rings is 1. The molecule has 0 aromatic heterocycles. The number of hydrogen-bond acceptors (Lipinski definition) is 2. The van der Waals surface area contributed by atoms with Gasteiger partial charge in [-0.2, -0.15) is 0 Å². The summed E-state index contributed by atoms with van der Waals surface area (Å²) in [5.41, 5.74) is 2.18. The van der Waals surface area contributed by atoms with Gasteiger partial charge in [0, 0.05) is 5.56 Å². The van der Waals surface area contributed by atoms with E-state index in [1.54, 1.807) is 6.92 Å². The molecule has 0 bridgehead atoms. The summed E-state index contributed by atoms with van der Waals surface area (Å²) >= 11 is 4.53. The zero-order chi connectivity index (χ0) is 12.4. The Labute approximate surface area is 128 Å². The Morgan fingerprint density at radius 2 is 2.18 bits per heavy atom. The molecule has 2 unspecified atom stereocenters. The van der Waals surface area contributed by atoms with Gasteiger partial charge in [-0.05, 0) is 22.6 Å². The molecule has 2 atom stereocenters. The van der Waals surface area contributed by atoms with Gasteiger partial charge < -0.3 is 4.74 Å². The van der Waals surface area contributed by atoms with Crippen LogP contribution in [0.15, 0.2) is 33.9 Å². The Bertz CT molecular complexity index is 468. The predicted octanol–water partition coefficient (Wildman–Crippen LogP) is 4.08. The molecule has 1 aromatic rings. The molecule has 17 heavy (non-hydrogen) atoms. The summed E-state index contributed by atoms with van der Waals surface area (Å²) in [6.07, 6.45) is 0. The fourth-order valence-corrected chi connectivity index (χ4v) is 4.07. The van der Waals surface area contributed by atoms with Crippen molar-refractivity contribution < 1.29 is 9.53 Å². The number of alkyl halides is 1. The van der Waals surface area contributed by atoms with E-state index in [2.05, 4.69) is 45.2 Å². The van der Waals surface area contributed by atoms with E-state index in [-0.39, 0.29) is 15.6 Å². The van der Waals surface area contributed by atoms with Crippen LogP contribution >= 0.6 is 45.2 Å². The number of rotatable bonds is 1. The van der Waals surface area contributed by atoms with Gasteiger partial charge in [-0.15, -0.1) is 0 Å². The van der Waals surface area contributed by atoms with Crippen molar-refractivity contribution in [3.63, 3.8) is 0 Å². The Balaban J connectivity index is 2.49. The van der Waals surface area contributed by atoms with E-state index < -0.39 is 0 Å². The standard InChI is InChI=1S/C13H12I2O2/c1-8(16)12-9(6-14)7-17-11-5-3-2-4-10(11)13(12)15/h2-6,12-13H,7H2,1H3/b9-6+. The van der Waals surface area contributed by atoms with Crippen LogP contribution in [0.3, 0.4) is 0 Å².